The molecule has 1 aromatic heterocycles. The lowest BCUT2D eigenvalue weighted by atomic mass is 10.2. The molecule has 0 aliphatic carbocycles. The van der Waals surface area contributed by atoms with E-state index in [-0.39, 0.29) is 12.5 Å². The smallest absolute Gasteiger partial charge is 0.224 e. The van der Waals surface area contributed by atoms with Crippen molar-refractivity contribution in [3.63, 3.8) is 0 Å². The fourth-order valence-electron chi connectivity index (χ4n) is 1.11. The summed E-state index contributed by atoms with van der Waals surface area (Å²) in [5, 5.41) is 15.3. The predicted molar refractivity (Wildman–Crippen MR) is 57.4 cm³/mol. The van der Waals surface area contributed by atoms with Crippen LogP contribution in [0.4, 0.5) is 0 Å². The summed E-state index contributed by atoms with van der Waals surface area (Å²) in [5.74, 6) is 0.0568. The van der Waals surface area contributed by atoms with Crippen molar-refractivity contribution in [1.82, 2.24) is 5.32 Å². The zero-order valence-electron chi connectivity index (χ0n) is 8.03. The van der Waals surface area contributed by atoms with Gasteiger partial charge in [-0.3, -0.25) is 4.79 Å². The van der Waals surface area contributed by atoms with Gasteiger partial charge in [0.25, 0.3) is 0 Å². The third kappa shape index (κ3) is 4.39. The van der Waals surface area contributed by atoms with Crippen LogP contribution >= 0.6 is 11.3 Å². The number of hydrogen-bond donors (Lipinski definition) is 2. The van der Waals surface area contributed by atoms with Crippen LogP contribution in [0.15, 0.2) is 16.8 Å². The highest BCUT2D eigenvalue weighted by Gasteiger charge is 2.01. The Morgan fingerprint density at radius 2 is 2.36 bits per heavy atom. The highest BCUT2D eigenvalue weighted by Crippen LogP contribution is 2.06. The second kappa shape index (κ2) is 6.56. The molecule has 1 amide bonds. The molecule has 0 bridgehead atoms. The van der Waals surface area contributed by atoms with Crippen LogP contribution in [0, 0.1) is 0 Å². The van der Waals surface area contributed by atoms with Crippen LogP contribution in [0.3, 0.4) is 0 Å². The summed E-state index contributed by atoms with van der Waals surface area (Å²) < 4.78 is 0. The minimum Gasteiger partial charge on any atom is -0.396 e. The van der Waals surface area contributed by atoms with Gasteiger partial charge in [-0.1, -0.05) is 0 Å². The molecule has 0 saturated heterocycles. The third-order valence-corrected chi connectivity index (χ3v) is 2.58. The van der Waals surface area contributed by atoms with Crippen LogP contribution in [0.5, 0.6) is 0 Å². The van der Waals surface area contributed by atoms with E-state index in [1.807, 2.05) is 16.8 Å². The molecule has 1 rings (SSSR count). The summed E-state index contributed by atoms with van der Waals surface area (Å²) in [6.07, 6.45) is 2.05. The molecule has 0 fully saturated rings. The number of aliphatic hydroxyl groups is 1. The molecule has 0 aromatic carbocycles. The number of rotatable bonds is 6. The minimum atomic E-state index is 0.0568. The number of amides is 1. The molecule has 3 nitrogen and oxygen atoms in total. The number of thiophene rings is 1. The lowest BCUT2D eigenvalue weighted by molar-refractivity contribution is -0.120. The van der Waals surface area contributed by atoms with Gasteiger partial charge in [0.05, 0.1) is 6.42 Å². The molecule has 0 aliphatic rings. The second-order valence-corrected chi connectivity index (χ2v) is 3.87. The van der Waals surface area contributed by atoms with Crippen LogP contribution in [0.25, 0.3) is 0 Å². The van der Waals surface area contributed by atoms with Crippen molar-refractivity contribution in [3.05, 3.63) is 22.4 Å². The third-order valence-electron chi connectivity index (χ3n) is 1.85. The van der Waals surface area contributed by atoms with Gasteiger partial charge in [0.1, 0.15) is 0 Å². The van der Waals surface area contributed by atoms with E-state index in [9.17, 15) is 4.79 Å². The molecular formula is C10H15NO2S. The van der Waals surface area contributed by atoms with Gasteiger partial charge in [-0.25, -0.2) is 0 Å². The molecule has 0 radical (unpaired) electrons. The zero-order valence-corrected chi connectivity index (χ0v) is 8.85. The van der Waals surface area contributed by atoms with Gasteiger partial charge in [0.2, 0.25) is 5.91 Å². The molecule has 0 spiro atoms. The lowest BCUT2D eigenvalue weighted by Gasteiger charge is -2.02. The summed E-state index contributed by atoms with van der Waals surface area (Å²) >= 11 is 1.60. The summed E-state index contributed by atoms with van der Waals surface area (Å²) in [6.45, 7) is 0.851. The molecule has 0 unspecified atom stereocenters. The average Bonchev–Trinajstić information content (AvgIpc) is 2.65. The molecule has 14 heavy (non-hydrogen) atoms. The predicted octanol–water partition coefficient (Wildman–Crippen LogP) is 1.18. The Hall–Kier alpha value is -0.870. The number of unbranched alkanes of at least 4 members (excludes halogenated alkanes) is 1. The van der Waals surface area contributed by atoms with Crippen molar-refractivity contribution in [1.29, 1.82) is 0 Å². The Morgan fingerprint density at radius 3 is 3.00 bits per heavy atom. The van der Waals surface area contributed by atoms with Crippen LogP contribution < -0.4 is 5.32 Å². The topological polar surface area (TPSA) is 49.3 Å². The Labute approximate surface area is 87.8 Å². The van der Waals surface area contributed by atoms with Crippen LogP contribution in [0.2, 0.25) is 0 Å². The van der Waals surface area contributed by atoms with Crippen molar-refractivity contribution in [2.45, 2.75) is 19.3 Å². The molecule has 0 atom stereocenters. The first-order valence-corrected chi connectivity index (χ1v) is 5.66. The SMILES string of the molecule is O=C(Cc1ccsc1)NCCCCO. The zero-order chi connectivity index (χ0) is 10.2. The lowest BCUT2D eigenvalue weighted by Crippen LogP contribution is -2.26. The number of carbonyl (C=O) groups is 1. The first-order chi connectivity index (χ1) is 6.83. The first-order valence-electron chi connectivity index (χ1n) is 4.71. The van der Waals surface area contributed by atoms with Crippen molar-refractivity contribution in [2.75, 3.05) is 13.2 Å². The van der Waals surface area contributed by atoms with E-state index in [4.69, 9.17) is 5.11 Å². The Kier molecular flexibility index (Phi) is 5.25. The summed E-state index contributed by atoms with van der Waals surface area (Å²) in [4.78, 5) is 11.3. The van der Waals surface area contributed by atoms with Gasteiger partial charge < -0.3 is 10.4 Å². The summed E-state index contributed by atoms with van der Waals surface area (Å²) in [5.41, 5.74) is 1.06. The second-order valence-electron chi connectivity index (χ2n) is 3.09. The Bertz CT molecular complexity index is 259. The van der Waals surface area contributed by atoms with E-state index >= 15 is 0 Å². The maximum absolute atomic E-state index is 11.3. The summed E-state index contributed by atoms with van der Waals surface area (Å²) in [6, 6.07) is 1.96. The number of nitrogens with one attached hydrogen (secondary N) is 1. The van der Waals surface area contributed by atoms with Crippen molar-refractivity contribution in [3.8, 4) is 0 Å². The number of hydrogen-bond acceptors (Lipinski definition) is 3. The first kappa shape index (κ1) is 11.2. The quantitative estimate of drug-likeness (QED) is 0.697. The molecule has 0 saturated carbocycles. The van der Waals surface area contributed by atoms with E-state index in [2.05, 4.69) is 5.32 Å². The summed E-state index contributed by atoms with van der Waals surface area (Å²) in [7, 11) is 0. The average molecular weight is 213 g/mol. The van der Waals surface area contributed by atoms with E-state index in [0.717, 1.165) is 18.4 Å². The molecule has 0 aliphatic heterocycles. The van der Waals surface area contributed by atoms with Gasteiger partial charge in [-0.15, -0.1) is 0 Å². The van der Waals surface area contributed by atoms with E-state index < -0.39 is 0 Å². The fraction of sp³-hybridized carbons (Fsp3) is 0.500. The Balaban J connectivity index is 2.11. The molecule has 4 heteroatoms. The maximum Gasteiger partial charge on any atom is 0.224 e. The molecule has 78 valence electrons. The normalized spacial score (nSPS) is 10.1. The van der Waals surface area contributed by atoms with Crippen molar-refractivity contribution in [2.24, 2.45) is 0 Å². The molecule has 2 N–H and O–H groups in total. The van der Waals surface area contributed by atoms with Gasteiger partial charge in [-0.2, -0.15) is 11.3 Å². The highest BCUT2D eigenvalue weighted by atomic mass is 32.1. The van der Waals surface area contributed by atoms with E-state index in [0.29, 0.717) is 13.0 Å². The molecule has 1 aromatic rings. The maximum atomic E-state index is 11.3. The molecular weight excluding hydrogens is 198 g/mol. The van der Waals surface area contributed by atoms with E-state index in [1.54, 1.807) is 11.3 Å². The van der Waals surface area contributed by atoms with Crippen molar-refractivity contribution < 1.29 is 9.90 Å². The molecule has 1 heterocycles. The van der Waals surface area contributed by atoms with Gasteiger partial charge in [0, 0.05) is 13.2 Å². The van der Waals surface area contributed by atoms with Gasteiger partial charge >= 0.3 is 0 Å². The number of aliphatic hydroxyl groups excluding tert-OH is 1. The standard InChI is InChI=1S/C10H15NO2S/c12-5-2-1-4-11-10(13)7-9-3-6-14-8-9/h3,6,8,12H,1-2,4-5,7H2,(H,11,13). The van der Waals surface area contributed by atoms with Crippen LogP contribution in [0.1, 0.15) is 18.4 Å². The largest absolute Gasteiger partial charge is 0.396 e. The minimum absolute atomic E-state index is 0.0568. The monoisotopic (exact) mass is 213 g/mol. The van der Waals surface area contributed by atoms with Crippen LogP contribution in [-0.4, -0.2) is 24.2 Å². The van der Waals surface area contributed by atoms with Crippen molar-refractivity contribution >= 4 is 17.2 Å². The Morgan fingerprint density at radius 1 is 1.50 bits per heavy atom. The van der Waals surface area contributed by atoms with Crippen LogP contribution in [-0.2, 0) is 11.2 Å². The fourth-order valence-corrected chi connectivity index (χ4v) is 1.77. The van der Waals surface area contributed by atoms with E-state index in [1.165, 1.54) is 0 Å². The number of carbonyl (C=O) groups excluding carboxylic acids is 1. The van der Waals surface area contributed by atoms with Gasteiger partial charge in [0.15, 0.2) is 0 Å². The highest BCUT2D eigenvalue weighted by molar-refractivity contribution is 7.07. The van der Waals surface area contributed by atoms with Gasteiger partial charge in [-0.05, 0) is 35.2 Å².